The predicted octanol–water partition coefficient (Wildman–Crippen LogP) is 5.49. The van der Waals surface area contributed by atoms with Crippen LogP contribution in [0.3, 0.4) is 0 Å². The van der Waals surface area contributed by atoms with Gasteiger partial charge in [0.05, 0.1) is 22.8 Å². The molecule has 3 rings (SSSR count). The zero-order valence-electron chi connectivity index (χ0n) is 16.9. The van der Waals surface area contributed by atoms with Crippen LogP contribution in [0.2, 0.25) is 0 Å². The maximum absolute atomic E-state index is 12.6. The molecule has 3 aromatic heterocycles. The monoisotopic (exact) mass is 441 g/mol. The fourth-order valence-electron chi connectivity index (χ4n) is 2.02. The van der Waals surface area contributed by atoms with E-state index in [4.69, 9.17) is 0 Å². The number of aromatic nitrogens is 3. The third-order valence-electron chi connectivity index (χ3n) is 3.14. The second-order valence-electron chi connectivity index (χ2n) is 4.99. The van der Waals surface area contributed by atoms with Crippen molar-refractivity contribution in [3.63, 3.8) is 0 Å². The third-order valence-corrected chi connectivity index (χ3v) is 4.12. The summed E-state index contributed by atoms with van der Waals surface area (Å²) in [6.07, 6.45) is 2.94. The minimum atomic E-state index is -5.82. The molecule has 6 nitrogen and oxygen atoms in total. The molecule has 0 aromatic carbocycles. The Labute approximate surface area is 173 Å². The van der Waals surface area contributed by atoms with Gasteiger partial charge in [0.15, 0.2) is 0 Å². The summed E-state index contributed by atoms with van der Waals surface area (Å²) < 4.78 is 64.7. The molecular weight excluding hydrogens is 419 g/mol. The molecule has 0 spiro atoms. The fourth-order valence-corrected chi connectivity index (χ4v) is 2.46. The smallest absolute Gasteiger partial charge is 0.376 e. The Hall–Kier alpha value is -3.01. The molecule has 3 heterocycles. The van der Waals surface area contributed by atoms with Gasteiger partial charge in [-0.1, -0.05) is 39.8 Å². The highest BCUT2D eigenvalue weighted by Gasteiger charge is 2.48. The summed E-state index contributed by atoms with van der Waals surface area (Å²) >= 11 is 0. The summed E-state index contributed by atoms with van der Waals surface area (Å²) in [4.78, 5) is 12.4. The lowest BCUT2D eigenvalue weighted by molar-refractivity contribution is -0.0500. The summed E-state index contributed by atoms with van der Waals surface area (Å²) in [5.41, 5.74) is -4.60. The second kappa shape index (κ2) is 11.2. The molecule has 0 aliphatic heterocycles. The Morgan fingerprint density at radius 3 is 1.53 bits per heavy atom. The number of nitrogens with zero attached hydrogens (tertiary/aromatic N) is 3. The van der Waals surface area contributed by atoms with Crippen LogP contribution in [0.25, 0.3) is 22.8 Å². The lowest BCUT2D eigenvalue weighted by atomic mass is 10.2. The van der Waals surface area contributed by atoms with E-state index >= 15 is 0 Å². The first kappa shape index (κ1) is 25.0. The first-order chi connectivity index (χ1) is 14.3. The quantitative estimate of drug-likeness (QED) is 0.394. The number of pyridine rings is 3. The van der Waals surface area contributed by atoms with Gasteiger partial charge >= 0.3 is 15.6 Å². The number of alkyl halides is 3. The zero-order valence-corrected chi connectivity index (χ0v) is 17.7. The van der Waals surface area contributed by atoms with Gasteiger partial charge < -0.3 is 4.18 Å². The topological polar surface area (TPSA) is 82.0 Å². The highest BCUT2D eigenvalue weighted by Crippen LogP contribution is 2.31. The predicted molar refractivity (Wildman–Crippen MR) is 109 cm³/mol. The van der Waals surface area contributed by atoms with Crippen molar-refractivity contribution in [1.29, 1.82) is 0 Å². The third kappa shape index (κ3) is 6.51. The van der Waals surface area contributed by atoms with Crippen LogP contribution in [-0.4, -0.2) is 28.9 Å². The number of hydrogen-bond acceptors (Lipinski definition) is 6. The van der Waals surface area contributed by atoms with E-state index in [9.17, 15) is 21.6 Å². The van der Waals surface area contributed by atoms with Crippen LogP contribution in [0.4, 0.5) is 13.2 Å². The van der Waals surface area contributed by atoms with Gasteiger partial charge in [-0.05, 0) is 24.3 Å². The highest BCUT2D eigenvalue weighted by molar-refractivity contribution is 7.88. The van der Waals surface area contributed by atoms with E-state index in [0.717, 1.165) is 12.1 Å². The Morgan fingerprint density at radius 2 is 1.20 bits per heavy atom. The van der Waals surface area contributed by atoms with Gasteiger partial charge in [-0.3, -0.25) is 9.97 Å². The summed E-state index contributed by atoms with van der Waals surface area (Å²) in [6.45, 7) is 8.00. The van der Waals surface area contributed by atoms with Gasteiger partial charge in [0.25, 0.3) is 0 Å². The van der Waals surface area contributed by atoms with Crippen LogP contribution in [0.1, 0.15) is 27.7 Å². The molecule has 0 unspecified atom stereocenters. The number of halogens is 3. The molecule has 0 saturated heterocycles. The van der Waals surface area contributed by atoms with Crippen LogP contribution < -0.4 is 4.18 Å². The lowest BCUT2D eigenvalue weighted by Crippen LogP contribution is -2.28. The second-order valence-corrected chi connectivity index (χ2v) is 6.52. The Bertz CT molecular complexity index is 956. The van der Waals surface area contributed by atoms with E-state index in [2.05, 4.69) is 19.1 Å². The normalized spacial score (nSPS) is 10.8. The van der Waals surface area contributed by atoms with Crippen LogP contribution >= 0.6 is 0 Å². The molecule has 0 radical (unpaired) electrons. The fraction of sp³-hybridized carbons (Fsp3) is 0.250. The largest absolute Gasteiger partial charge is 0.534 e. The van der Waals surface area contributed by atoms with Crippen molar-refractivity contribution < 1.29 is 25.8 Å². The van der Waals surface area contributed by atoms with Crippen molar-refractivity contribution in [3.8, 4) is 28.5 Å². The number of rotatable bonds is 4. The van der Waals surface area contributed by atoms with E-state index in [-0.39, 0.29) is 11.4 Å². The van der Waals surface area contributed by atoms with E-state index in [1.54, 1.807) is 36.4 Å². The average Bonchev–Trinajstić information content (AvgIpc) is 2.76. The van der Waals surface area contributed by atoms with Crippen molar-refractivity contribution in [1.82, 2.24) is 15.0 Å². The minimum absolute atomic E-state index is 0.140. The Kier molecular flexibility index (Phi) is 9.38. The van der Waals surface area contributed by atoms with Crippen LogP contribution in [-0.2, 0) is 10.1 Å². The van der Waals surface area contributed by atoms with E-state index in [1.807, 2.05) is 27.7 Å². The van der Waals surface area contributed by atoms with Gasteiger partial charge in [0.1, 0.15) is 5.75 Å². The summed E-state index contributed by atoms with van der Waals surface area (Å²) in [6, 6.07) is 11.9. The maximum atomic E-state index is 12.6. The average molecular weight is 441 g/mol. The minimum Gasteiger partial charge on any atom is -0.376 e. The van der Waals surface area contributed by atoms with E-state index in [0.29, 0.717) is 11.4 Å². The van der Waals surface area contributed by atoms with Gasteiger partial charge in [-0.15, -0.1) is 0 Å². The molecular formula is C20H22F3N3O3S. The van der Waals surface area contributed by atoms with Gasteiger partial charge in [0, 0.05) is 24.5 Å². The summed E-state index contributed by atoms with van der Waals surface area (Å²) in [7, 11) is -5.82. The van der Waals surface area contributed by atoms with Crippen molar-refractivity contribution in [2.45, 2.75) is 33.2 Å². The van der Waals surface area contributed by atoms with E-state index in [1.165, 1.54) is 12.4 Å². The molecule has 162 valence electrons. The molecule has 0 fully saturated rings. The van der Waals surface area contributed by atoms with Crippen LogP contribution in [0.15, 0.2) is 60.9 Å². The SMILES string of the molecule is CC.CC.O=S(=O)(Oc1cc(-c2ccccn2)nc(-c2ccccn2)c1)C(F)(F)F. The molecule has 0 N–H and O–H groups in total. The van der Waals surface area contributed by atoms with Crippen molar-refractivity contribution >= 4 is 10.1 Å². The first-order valence-corrected chi connectivity index (χ1v) is 10.5. The van der Waals surface area contributed by atoms with Gasteiger partial charge in [-0.25, -0.2) is 4.98 Å². The molecule has 3 aromatic rings. The molecule has 0 amide bonds. The van der Waals surface area contributed by atoms with Gasteiger partial charge in [-0.2, -0.15) is 21.6 Å². The summed E-state index contributed by atoms with van der Waals surface area (Å²) in [5.74, 6) is -0.543. The Balaban J connectivity index is 0.00000106. The van der Waals surface area contributed by atoms with Crippen molar-refractivity contribution in [2.75, 3.05) is 0 Å². The standard InChI is InChI=1S/C16H10F3N3O3S.2C2H6/c17-16(18,19)26(23,24)25-11-9-14(12-5-1-3-7-20-12)22-15(10-11)13-6-2-4-8-21-13;2*1-2/h1-10H;2*1-2H3. The zero-order chi connectivity index (χ0) is 22.8. The molecule has 0 aliphatic rings. The van der Waals surface area contributed by atoms with E-state index < -0.39 is 21.4 Å². The molecule has 0 bridgehead atoms. The van der Waals surface area contributed by atoms with Crippen molar-refractivity contribution in [3.05, 3.63) is 60.9 Å². The molecule has 0 aliphatic carbocycles. The lowest BCUT2D eigenvalue weighted by Gasteiger charge is -2.12. The van der Waals surface area contributed by atoms with Crippen LogP contribution in [0.5, 0.6) is 5.75 Å². The molecule has 0 atom stereocenters. The molecule has 10 heteroatoms. The maximum Gasteiger partial charge on any atom is 0.534 e. The Morgan fingerprint density at radius 1 is 0.767 bits per heavy atom. The first-order valence-electron chi connectivity index (χ1n) is 9.12. The molecule has 30 heavy (non-hydrogen) atoms. The van der Waals surface area contributed by atoms with Crippen LogP contribution in [0, 0.1) is 0 Å². The van der Waals surface area contributed by atoms with Crippen molar-refractivity contribution in [2.24, 2.45) is 0 Å². The van der Waals surface area contributed by atoms with Gasteiger partial charge in [0.2, 0.25) is 0 Å². The summed E-state index contributed by atoms with van der Waals surface area (Å²) in [5, 5.41) is 0. The highest BCUT2D eigenvalue weighted by atomic mass is 32.2. The number of hydrogen-bond donors (Lipinski definition) is 0. The molecule has 0 saturated carbocycles.